The van der Waals surface area contributed by atoms with E-state index >= 15 is 0 Å². The molecule has 0 atom stereocenters. The molecule has 0 spiro atoms. The molecule has 0 saturated heterocycles. The van der Waals surface area contributed by atoms with Crippen LogP contribution >= 0.6 is 15.9 Å². The summed E-state index contributed by atoms with van der Waals surface area (Å²) in [6.45, 7) is -0.0258. The van der Waals surface area contributed by atoms with Crippen molar-refractivity contribution in [2.24, 2.45) is 0 Å². The largest absolute Gasteiger partial charge is 0.444 e. The summed E-state index contributed by atoms with van der Waals surface area (Å²) in [5.74, 6) is 0. The fourth-order valence-electron chi connectivity index (χ4n) is 1.74. The first-order chi connectivity index (χ1) is 10.4. The van der Waals surface area contributed by atoms with Gasteiger partial charge in [-0.3, -0.25) is 5.32 Å². The van der Waals surface area contributed by atoms with Crippen LogP contribution in [0.3, 0.4) is 0 Å². The Morgan fingerprint density at radius 3 is 2.45 bits per heavy atom. The predicted octanol–water partition coefficient (Wildman–Crippen LogP) is 5.22. The highest BCUT2D eigenvalue weighted by Crippen LogP contribution is 2.36. The number of rotatable bonds is 3. The van der Waals surface area contributed by atoms with Gasteiger partial charge in [0.2, 0.25) is 0 Å². The maximum Gasteiger partial charge on any atom is 0.418 e. The maximum absolute atomic E-state index is 12.9. The van der Waals surface area contributed by atoms with Crippen LogP contribution in [0.5, 0.6) is 0 Å². The molecule has 1 amide bonds. The topological polar surface area (TPSA) is 38.3 Å². The molecule has 0 aromatic heterocycles. The molecule has 22 heavy (non-hydrogen) atoms. The van der Waals surface area contributed by atoms with E-state index in [4.69, 9.17) is 4.74 Å². The predicted molar refractivity (Wildman–Crippen MR) is 79.4 cm³/mol. The molecule has 7 heteroatoms. The van der Waals surface area contributed by atoms with Crippen molar-refractivity contribution in [2.75, 3.05) is 5.32 Å². The number of hydrogen-bond donors (Lipinski definition) is 1. The van der Waals surface area contributed by atoms with E-state index in [9.17, 15) is 18.0 Å². The fraction of sp³-hybridized carbons (Fsp3) is 0.133. The summed E-state index contributed by atoms with van der Waals surface area (Å²) in [6, 6.07) is 12.1. The van der Waals surface area contributed by atoms with E-state index in [0.717, 1.165) is 11.6 Å². The number of alkyl halides is 3. The minimum Gasteiger partial charge on any atom is -0.444 e. The average Bonchev–Trinajstić information content (AvgIpc) is 2.45. The van der Waals surface area contributed by atoms with Crippen molar-refractivity contribution in [2.45, 2.75) is 12.8 Å². The number of carbonyl (C=O) groups is 1. The molecule has 1 N–H and O–H groups in total. The molecular formula is C15H11BrF3NO2. The lowest BCUT2D eigenvalue weighted by molar-refractivity contribution is -0.136. The number of ether oxygens (including phenoxy) is 1. The third-order valence-electron chi connectivity index (χ3n) is 2.74. The zero-order valence-corrected chi connectivity index (χ0v) is 12.7. The first-order valence-corrected chi connectivity index (χ1v) is 7.00. The van der Waals surface area contributed by atoms with Crippen LogP contribution < -0.4 is 5.32 Å². The number of halogens is 4. The molecule has 0 aliphatic heterocycles. The van der Waals surface area contributed by atoms with Crippen LogP contribution in [0, 0.1) is 0 Å². The van der Waals surface area contributed by atoms with Gasteiger partial charge in [0.05, 0.1) is 11.3 Å². The Labute approximate surface area is 133 Å². The first kappa shape index (κ1) is 16.4. The number of hydrogen-bond acceptors (Lipinski definition) is 2. The van der Waals surface area contributed by atoms with E-state index < -0.39 is 17.8 Å². The summed E-state index contributed by atoms with van der Waals surface area (Å²) < 4.78 is 43.9. The van der Waals surface area contributed by atoms with Gasteiger partial charge in [0.25, 0.3) is 0 Å². The van der Waals surface area contributed by atoms with E-state index in [1.807, 2.05) is 0 Å². The highest BCUT2D eigenvalue weighted by molar-refractivity contribution is 9.10. The van der Waals surface area contributed by atoms with Gasteiger partial charge in [0.1, 0.15) is 6.61 Å². The Kier molecular flexibility index (Phi) is 5.07. The molecule has 0 bridgehead atoms. The second-order valence-corrected chi connectivity index (χ2v) is 5.29. The highest BCUT2D eigenvalue weighted by Gasteiger charge is 2.34. The molecule has 0 aliphatic carbocycles. The number of benzene rings is 2. The SMILES string of the molecule is O=C(Nc1cc(Br)ccc1C(F)(F)F)OCc1ccccc1. The molecule has 0 aliphatic rings. The molecule has 0 radical (unpaired) electrons. The van der Waals surface area contributed by atoms with Crippen LogP contribution in [0.25, 0.3) is 0 Å². The van der Waals surface area contributed by atoms with Crippen LogP contribution in [-0.2, 0) is 17.5 Å². The highest BCUT2D eigenvalue weighted by atomic mass is 79.9. The zero-order valence-electron chi connectivity index (χ0n) is 11.2. The first-order valence-electron chi connectivity index (χ1n) is 6.21. The van der Waals surface area contributed by atoms with Crippen molar-refractivity contribution < 1.29 is 22.7 Å². The van der Waals surface area contributed by atoms with E-state index in [2.05, 4.69) is 21.2 Å². The van der Waals surface area contributed by atoms with Crippen molar-refractivity contribution >= 4 is 27.7 Å². The average molecular weight is 374 g/mol. The quantitative estimate of drug-likeness (QED) is 0.801. The molecule has 2 rings (SSSR count). The Balaban J connectivity index is 2.06. The number of amides is 1. The van der Waals surface area contributed by atoms with E-state index in [0.29, 0.717) is 4.47 Å². The molecule has 0 heterocycles. The molecule has 2 aromatic carbocycles. The van der Waals surface area contributed by atoms with Gasteiger partial charge in [-0.25, -0.2) is 4.79 Å². The van der Waals surface area contributed by atoms with Crippen LogP contribution in [0.15, 0.2) is 53.0 Å². The summed E-state index contributed by atoms with van der Waals surface area (Å²) in [6.07, 6.45) is -5.52. The normalized spacial score (nSPS) is 11.1. The second-order valence-electron chi connectivity index (χ2n) is 4.37. The molecule has 2 aromatic rings. The summed E-state index contributed by atoms with van der Waals surface area (Å²) in [5.41, 5.74) is -0.560. The van der Waals surface area contributed by atoms with Crippen molar-refractivity contribution in [1.82, 2.24) is 0 Å². The van der Waals surface area contributed by atoms with Crippen molar-refractivity contribution in [1.29, 1.82) is 0 Å². The van der Waals surface area contributed by atoms with Crippen LogP contribution in [-0.4, -0.2) is 6.09 Å². The number of nitrogens with one attached hydrogen (secondary N) is 1. The summed E-state index contributed by atoms with van der Waals surface area (Å²) >= 11 is 3.07. The lowest BCUT2D eigenvalue weighted by Crippen LogP contribution is -2.17. The summed E-state index contributed by atoms with van der Waals surface area (Å²) in [4.78, 5) is 11.7. The van der Waals surface area contributed by atoms with E-state index in [1.165, 1.54) is 12.1 Å². The Morgan fingerprint density at radius 1 is 1.14 bits per heavy atom. The molecule has 0 fully saturated rings. The van der Waals surface area contributed by atoms with Gasteiger partial charge in [-0.15, -0.1) is 0 Å². The number of carbonyl (C=O) groups excluding carboxylic acids is 1. The van der Waals surface area contributed by atoms with Gasteiger partial charge in [-0.05, 0) is 23.8 Å². The maximum atomic E-state index is 12.9. The smallest absolute Gasteiger partial charge is 0.418 e. The van der Waals surface area contributed by atoms with Crippen LogP contribution in [0.4, 0.5) is 23.7 Å². The van der Waals surface area contributed by atoms with Gasteiger partial charge >= 0.3 is 12.3 Å². The molecule has 0 unspecified atom stereocenters. The summed E-state index contributed by atoms with van der Waals surface area (Å²) in [5, 5.41) is 2.12. The minimum absolute atomic E-state index is 0.0258. The van der Waals surface area contributed by atoms with E-state index in [1.54, 1.807) is 30.3 Å². The molecule has 116 valence electrons. The third-order valence-corrected chi connectivity index (χ3v) is 3.23. The third kappa shape index (κ3) is 4.49. The zero-order chi connectivity index (χ0) is 16.2. The van der Waals surface area contributed by atoms with Crippen molar-refractivity contribution in [3.05, 3.63) is 64.1 Å². The van der Waals surface area contributed by atoms with Gasteiger partial charge in [-0.1, -0.05) is 46.3 Å². The molecule has 0 saturated carbocycles. The Bertz CT molecular complexity index is 660. The van der Waals surface area contributed by atoms with Gasteiger partial charge < -0.3 is 4.74 Å². The van der Waals surface area contributed by atoms with E-state index in [-0.39, 0.29) is 12.3 Å². The lowest BCUT2D eigenvalue weighted by Gasteiger charge is -2.14. The second kappa shape index (κ2) is 6.83. The van der Waals surface area contributed by atoms with Crippen LogP contribution in [0.1, 0.15) is 11.1 Å². The van der Waals surface area contributed by atoms with Crippen molar-refractivity contribution in [3.63, 3.8) is 0 Å². The fourth-order valence-corrected chi connectivity index (χ4v) is 2.10. The van der Waals surface area contributed by atoms with Gasteiger partial charge in [0, 0.05) is 4.47 Å². The Hall–Kier alpha value is -2.02. The van der Waals surface area contributed by atoms with Crippen LogP contribution in [0.2, 0.25) is 0 Å². The van der Waals surface area contributed by atoms with Crippen molar-refractivity contribution in [3.8, 4) is 0 Å². The van der Waals surface area contributed by atoms with Gasteiger partial charge in [-0.2, -0.15) is 13.2 Å². The molecular weight excluding hydrogens is 363 g/mol. The monoisotopic (exact) mass is 373 g/mol. The lowest BCUT2D eigenvalue weighted by atomic mass is 10.1. The minimum atomic E-state index is -4.57. The standard InChI is InChI=1S/C15H11BrF3NO2/c16-11-6-7-12(15(17,18)19)13(8-11)20-14(21)22-9-10-4-2-1-3-5-10/h1-8H,9H2,(H,20,21). The number of anilines is 1. The Morgan fingerprint density at radius 2 is 1.82 bits per heavy atom. The summed E-state index contributed by atoms with van der Waals surface area (Å²) in [7, 11) is 0. The molecule has 3 nitrogen and oxygen atoms in total. The van der Waals surface area contributed by atoms with Gasteiger partial charge in [0.15, 0.2) is 0 Å².